The zero-order valence-corrected chi connectivity index (χ0v) is 24.6. The van der Waals surface area contributed by atoms with E-state index >= 15 is 0 Å². The molecule has 0 saturated heterocycles. The smallest absolute Gasteiger partial charge is 0.354 e. The van der Waals surface area contributed by atoms with Crippen LogP contribution in [0.25, 0.3) is 0 Å². The van der Waals surface area contributed by atoms with Crippen LogP contribution >= 0.6 is 7.52 Å². The van der Waals surface area contributed by atoms with E-state index in [1.54, 1.807) is 37.3 Å². The molecule has 0 heterocycles. The zero-order valence-electron chi connectivity index (χ0n) is 23.7. The van der Waals surface area contributed by atoms with E-state index in [1.807, 2.05) is 45.0 Å². The third-order valence-corrected chi connectivity index (χ3v) is 8.11. The first kappa shape index (κ1) is 30.3. The second-order valence-corrected chi connectivity index (χ2v) is 12.2. The Kier molecular flexibility index (Phi) is 10.6. The Labute approximate surface area is 232 Å². The number of aryl methyl sites for hydroxylation is 2. The number of aromatic hydroxyl groups is 1. The lowest BCUT2D eigenvalue weighted by Crippen LogP contribution is -2.36. The molecule has 39 heavy (non-hydrogen) atoms. The van der Waals surface area contributed by atoms with E-state index in [0.29, 0.717) is 36.7 Å². The summed E-state index contributed by atoms with van der Waals surface area (Å²) in [5.41, 5.74) is 5.28. The van der Waals surface area contributed by atoms with Crippen LogP contribution in [0.5, 0.6) is 17.2 Å². The summed E-state index contributed by atoms with van der Waals surface area (Å²) >= 11 is 0. The molecule has 3 aromatic rings. The van der Waals surface area contributed by atoms with Crippen LogP contribution in [0.1, 0.15) is 67.9 Å². The van der Waals surface area contributed by atoms with Gasteiger partial charge in [-0.25, -0.2) is 5.09 Å². The highest BCUT2D eigenvalue weighted by atomic mass is 31.2. The summed E-state index contributed by atoms with van der Waals surface area (Å²) in [6.45, 7) is 11.9. The fraction of sp³-hybridized carbons (Fsp3) is 0.387. The molecule has 0 aliphatic rings. The van der Waals surface area contributed by atoms with Gasteiger partial charge in [0.15, 0.2) is 6.35 Å². The number of esters is 1. The number of phenols is 1. The van der Waals surface area contributed by atoms with Crippen molar-refractivity contribution in [2.45, 2.75) is 66.3 Å². The van der Waals surface area contributed by atoms with Crippen molar-refractivity contribution in [3.05, 3.63) is 88.5 Å². The number of ether oxygens (including phenoxy) is 2. The molecule has 1 unspecified atom stereocenters. The first-order valence-corrected chi connectivity index (χ1v) is 15.1. The van der Waals surface area contributed by atoms with Crippen LogP contribution in [0.3, 0.4) is 0 Å². The SMILES string of the molecule is CCCOC(=O)[C@H](C)NP(=O)(COc1cc(C)c(Cc2ccc(O)c(C(C)C)c2)c(C)c1)Oc1ccccc1. The Morgan fingerprint density at radius 1 is 0.974 bits per heavy atom. The molecule has 2 N–H and O–H groups in total. The maximum absolute atomic E-state index is 13.9. The van der Waals surface area contributed by atoms with E-state index in [-0.39, 0.29) is 12.3 Å². The van der Waals surface area contributed by atoms with Crippen molar-refractivity contribution in [3.63, 3.8) is 0 Å². The molecule has 0 amide bonds. The number of phenolic OH excluding ortho intramolecular Hbond substituents is 1. The number of hydrogen-bond donors (Lipinski definition) is 2. The van der Waals surface area contributed by atoms with E-state index in [4.69, 9.17) is 14.0 Å². The van der Waals surface area contributed by atoms with Gasteiger partial charge in [-0.3, -0.25) is 9.36 Å². The van der Waals surface area contributed by atoms with Crippen LogP contribution in [0.2, 0.25) is 0 Å². The Balaban J connectivity index is 1.78. The van der Waals surface area contributed by atoms with Gasteiger partial charge in [-0.15, -0.1) is 0 Å². The van der Waals surface area contributed by atoms with Gasteiger partial charge < -0.3 is 19.1 Å². The second kappa shape index (κ2) is 13.7. The number of carbonyl (C=O) groups excluding carboxylic acids is 1. The van der Waals surface area contributed by atoms with Gasteiger partial charge in [-0.2, -0.15) is 0 Å². The predicted octanol–water partition coefficient (Wildman–Crippen LogP) is 7.26. The highest BCUT2D eigenvalue weighted by molar-refractivity contribution is 7.57. The topological polar surface area (TPSA) is 94.1 Å². The largest absolute Gasteiger partial charge is 0.508 e. The first-order valence-electron chi connectivity index (χ1n) is 13.3. The summed E-state index contributed by atoms with van der Waals surface area (Å²) in [5.74, 6) is 1.00. The van der Waals surface area contributed by atoms with Crippen LogP contribution in [0, 0.1) is 13.8 Å². The number of para-hydroxylation sites is 1. The Hall–Kier alpha value is -3.28. The standard InChI is InChI=1S/C31H40NO6P/c1-7-15-36-31(34)24(6)32-39(35,38-26-11-9-8-10-12-26)20-37-27-16-22(4)29(23(5)17-27)19-25-13-14-30(33)28(18-25)21(2)3/h8-14,16-18,21,24,33H,7,15,19-20H2,1-6H3,(H,32,35)/t24-,39?/m0/s1. The van der Waals surface area contributed by atoms with Gasteiger partial charge in [-0.1, -0.05) is 51.1 Å². The van der Waals surface area contributed by atoms with E-state index in [9.17, 15) is 14.5 Å². The summed E-state index contributed by atoms with van der Waals surface area (Å²) < 4.78 is 30.9. The molecule has 210 valence electrons. The van der Waals surface area contributed by atoms with Crippen LogP contribution in [-0.2, 0) is 20.5 Å². The van der Waals surface area contributed by atoms with Gasteiger partial charge >= 0.3 is 13.5 Å². The van der Waals surface area contributed by atoms with Gasteiger partial charge in [-0.05, 0) is 97.7 Å². The molecule has 0 bridgehead atoms. The molecule has 0 radical (unpaired) electrons. The summed E-state index contributed by atoms with van der Waals surface area (Å²) in [4.78, 5) is 12.3. The zero-order chi connectivity index (χ0) is 28.6. The Bertz CT molecular complexity index is 1280. The summed E-state index contributed by atoms with van der Waals surface area (Å²) in [6, 6.07) is 17.5. The molecular weight excluding hydrogens is 513 g/mol. The molecule has 0 spiro atoms. The fourth-order valence-electron chi connectivity index (χ4n) is 4.27. The van der Waals surface area contributed by atoms with Crippen molar-refractivity contribution in [2.75, 3.05) is 13.0 Å². The Morgan fingerprint density at radius 2 is 1.64 bits per heavy atom. The molecule has 2 atom stereocenters. The minimum Gasteiger partial charge on any atom is -0.508 e. The van der Waals surface area contributed by atoms with Gasteiger partial charge in [0.05, 0.1) is 6.61 Å². The van der Waals surface area contributed by atoms with Gasteiger partial charge in [0.2, 0.25) is 0 Å². The molecule has 7 nitrogen and oxygen atoms in total. The van der Waals surface area contributed by atoms with Crippen molar-refractivity contribution in [3.8, 4) is 17.2 Å². The van der Waals surface area contributed by atoms with Crippen molar-refractivity contribution < 1.29 is 28.5 Å². The first-order chi connectivity index (χ1) is 18.5. The molecule has 3 aromatic carbocycles. The number of rotatable bonds is 13. The number of hydrogen-bond acceptors (Lipinski definition) is 6. The maximum Gasteiger partial charge on any atom is 0.354 e. The van der Waals surface area contributed by atoms with Gasteiger partial charge in [0.25, 0.3) is 0 Å². The molecule has 0 aliphatic carbocycles. The average molecular weight is 554 g/mol. The number of nitrogens with one attached hydrogen (secondary N) is 1. The van der Waals surface area contributed by atoms with E-state index < -0.39 is 19.5 Å². The van der Waals surface area contributed by atoms with E-state index in [1.165, 1.54) is 0 Å². The fourth-order valence-corrected chi connectivity index (χ4v) is 5.93. The second-order valence-electron chi connectivity index (χ2n) is 10.1. The highest BCUT2D eigenvalue weighted by Crippen LogP contribution is 2.44. The van der Waals surface area contributed by atoms with Crippen molar-refractivity contribution in [1.82, 2.24) is 5.09 Å². The molecule has 8 heteroatoms. The average Bonchev–Trinajstić information content (AvgIpc) is 2.89. The third-order valence-electron chi connectivity index (χ3n) is 6.35. The van der Waals surface area contributed by atoms with Gasteiger partial charge in [0.1, 0.15) is 23.3 Å². The summed E-state index contributed by atoms with van der Waals surface area (Å²) in [5, 5.41) is 13.0. The minimum atomic E-state index is -3.66. The normalized spacial score (nSPS) is 13.5. The van der Waals surface area contributed by atoms with E-state index in [2.05, 4.69) is 25.0 Å². The molecule has 3 rings (SSSR count). The quantitative estimate of drug-likeness (QED) is 0.170. The molecule has 0 fully saturated rings. The van der Waals surface area contributed by atoms with Crippen LogP contribution in [0.15, 0.2) is 60.7 Å². The van der Waals surface area contributed by atoms with E-state index in [0.717, 1.165) is 27.8 Å². The molecular formula is C31H40NO6P. The summed E-state index contributed by atoms with van der Waals surface area (Å²) in [7, 11) is -3.66. The highest BCUT2D eigenvalue weighted by Gasteiger charge is 2.31. The third kappa shape index (κ3) is 8.61. The monoisotopic (exact) mass is 553 g/mol. The lowest BCUT2D eigenvalue weighted by atomic mass is 9.93. The molecule has 0 saturated carbocycles. The van der Waals surface area contributed by atoms with Gasteiger partial charge in [0, 0.05) is 0 Å². The minimum absolute atomic E-state index is 0.224. The lowest BCUT2D eigenvalue weighted by Gasteiger charge is -2.24. The van der Waals surface area contributed by atoms with Crippen LogP contribution in [0.4, 0.5) is 0 Å². The van der Waals surface area contributed by atoms with Crippen molar-refractivity contribution >= 4 is 13.5 Å². The van der Waals surface area contributed by atoms with Crippen molar-refractivity contribution in [1.29, 1.82) is 0 Å². The number of carbonyl (C=O) groups is 1. The van der Waals surface area contributed by atoms with Crippen LogP contribution < -0.4 is 14.3 Å². The predicted molar refractivity (Wildman–Crippen MR) is 155 cm³/mol. The van der Waals surface area contributed by atoms with Crippen molar-refractivity contribution in [2.24, 2.45) is 0 Å². The summed E-state index contributed by atoms with van der Waals surface area (Å²) in [6.07, 6.45) is 1.13. The lowest BCUT2D eigenvalue weighted by molar-refractivity contribution is -0.145. The van der Waals surface area contributed by atoms with Crippen LogP contribution in [-0.4, -0.2) is 30.1 Å². The number of benzene rings is 3. The maximum atomic E-state index is 13.9. The molecule has 0 aliphatic heterocycles. The molecule has 0 aromatic heterocycles. The Morgan fingerprint density at radius 3 is 2.26 bits per heavy atom.